The zero-order valence-electron chi connectivity index (χ0n) is 12.9. The van der Waals surface area contributed by atoms with Crippen LogP contribution in [-0.2, 0) is 22.7 Å². The quantitative estimate of drug-likeness (QED) is 0.816. The zero-order chi connectivity index (χ0) is 16.1. The van der Waals surface area contributed by atoms with Gasteiger partial charge in [0.25, 0.3) is 5.56 Å². The van der Waals surface area contributed by atoms with E-state index in [4.69, 9.17) is 9.47 Å². The summed E-state index contributed by atoms with van der Waals surface area (Å²) < 4.78 is 12.4. The maximum absolute atomic E-state index is 12.3. The van der Waals surface area contributed by atoms with Crippen LogP contribution in [0.3, 0.4) is 0 Å². The van der Waals surface area contributed by atoms with Crippen molar-refractivity contribution in [3.05, 3.63) is 56.3 Å². The minimum absolute atomic E-state index is 0.0938. The Morgan fingerprint density at radius 3 is 2.26 bits per heavy atom. The summed E-state index contributed by atoms with van der Waals surface area (Å²) in [6.45, 7) is 2.26. The van der Waals surface area contributed by atoms with E-state index in [1.807, 2.05) is 30.3 Å². The third-order valence-electron chi connectivity index (χ3n) is 3.93. The summed E-state index contributed by atoms with van der Waals surface area (Å²) in [6.07, 6.45) is 3.13. The lowest BCUT2D eigenvalue weighted by molar-refractivity contribution is 0.0975. The molecule has 2 bridgehead atoms. The molecule has 122 valence electrons. The number of halogens is 1. The summed E-state index contributed by atoms with van der Waals surface area (Å²) in [5.41, 5.74) is 3.35. The molecule has 23 heavy (non-hydrogen) atoms. The van der Waals surface area contributed by atoms with Crippen molar-refractivity contribution < 1.29 is 9.47 Å². The largest absolute Gasteiger partial charge is 0.377 e. The highest BCUT2D eigenvalue weighted by atomic mass is 79.9. The molecule has 1 aliphatic heterocycles. The van der Waals surface area contributed by atoms with E-state index in [0.717, 1.165) is 47.2 Å². The van der Waals surface area contributed by atoms with E-state index in [9.17, 15) is 4.79 Å². The lowest BCUT2D eigenvalue weighted by Gasteiger charge is -2.14. The van der Waals surface area contributed by atoms with Crippen molar-refractivity contribution in [1.29, 1.82) is 0 Å². The Morgan fingerprint density at radius 2 is 1.57 bits per heavy atom. The van der Waals surface area contributed by atoms with E-state index < -0.39 is 0 Å². The van der Waals surface area contributed by atoms with Crippen LogP contribution < -0.4 is 5.56 Å². The number of aromatic nitrogens is 1. The van der Waals surface area contributed by atoms with Crippen molar-refractivity contribution >= 4 is 15.9 Å². The van der Waals surface area contributed by atoms with Crippen molar-refractivity contribution in [2.24, 2.45) is 0 Å². The van der Waals surface area contributed by atoms with Gasteiger partial charge < -0.3 is 14.5 Å². The molecule has 0 amide bonds. The van der Waals surface area contributed by atoms with Gasteiger partial charge in [-0.3, -0.25) is 4.79 Å². The predicted octanol–water partition coefficient (Wildman–Crippen LogP) is 4.02. The van der Waals surface area contributed by atoms with Crippen molar-refractivity contribution in [2.45, 2.75) is 32.5 Å². The van der Waals surface area contributed by atoms with Gasteiger partial charge in [-0.1, -0.05) is 28.1 Å². The number of nitrogens with one attached hydrogen (secondary N) is 1. The molecule has 0 atom stereocenters. The fourth-order valence-corrected chi connectivity index (χ4v) is 2.93. The number of pyridine rings is 1. The molecule has 4 nitrogen and oxygen atoms in total. The second-order valence-corrected chi connectivity index (χ2v) is 6.61. The van der Waals surface area contributed by atoms with Crippen LogP contribution in [0.15, 0.2) is 39.6 Å². The summed E-state index contributed by atoms with van der Waals surface area (Å²) in [4.78, 5) is 15.3. The van der Waals surface area contributed by atoms with Crippen LogP contribution in [0.4, 0.5) is 0 Å². The van der Waals surface area contributed by atoms with Crippen LogP contribution in [0.25, 0.3) is 11.3 Å². The zero-order valence-corrected chi connectivity index (χ0v) is 14.5. The van der Waals surface area contributed by atoms with Crippen LogP contribution in [0.1, 0.15) is 30.4 Å². The molecule has 1 aliphatic rings. The highest BCUT2D eigenvalue weighted by Crippen LogP contribution is 2.24. The lowest BCUT2D eigenvalue weighted by Crippen LogP contribution is -2.17. The van der Waals surface area contributed by atoms with E-state index in [1.54, 1.807) is 0 Å². The van der Waals surface area contributed by atoms with Gasteiger partial charge in [0.05, 0.1) is 18.9 Å². The number of aromatic amines is 1. The normalized spacial score (nSPS) is 16.4. The smallest absolute Gasteiger partial charge is 0.253 e. The number of ether oxygens (including phenoxy) is 2. The topological polar surface area (TPSA) is 51.3 Å². The highest BCUT2D eigenvalue weighted by Gasteiger charge is 2.12. The molecular weight excluding hydrogens is 358 g/mol. The molecular formula is C18H20BrNO3. The molecule has 2 heterocycles. The maximum Gasteiger partial charge on any atom is 0.253 e. The summed E-state index contributed by atoms with van der Waals surface area (Å²) in [5.74, 6) is 0. The van der Waals surface area contributed by atoms with Gasteiger partial charge in [-0.15, -0.1) is 0 Å². The average Bonchev–Trinajstić information content (AvgIpc) is 2.54. The van der Waals surface area contributed by atoms with Gasteiger partial charge in [0.15, 0.2) is 0 Å². The summed E-state index contributed by atoms with van der Waals surface area (Å²) in [6, 6.07) is 9.81. The second kappa shape index (κ2) is 7.90. The molecule has 1 aromatic heterocycles. The minimum atomic E-state index is -0.0938. The number of fused-ring (bicyclic) bond motifs is 2. The molecule has 0 radical (unpaired) electrons. The first kappa shape index (κ1) is 16.4. The molecule has 5 heteroatoms. The van der Waals surface area contributed by atoms with Gasteiger partial charge in [0.1, 0.15) is 0 Å². The lowest BCUT2D eigenvalue weighted by atomic mass is 10.0. The molecule has 0 saturated heterocycles. The number of hydrogen-bond donors (Lipinski definition) is 1. The van der Waals surface area contributed by atoms with E-state index in [1.165, 1.54) is 0 Å². The third-order valence-corrected chi connectivity index (χ3v) is 4.45. The van der Waals surface area contributed by atoms with Crippen LogP contribution >= 0.6 is 15.9 Å². The summed E-state index contributed by atoms with van der Waals surface area (Å²) in [5, 5.41) is 0. The molecule has 0 spiro atoms. The number of rotatable bonds is 1. The van der Waals surface area contributed by atoms with Gasteiger partial charge in [0.2, 0.25) is 0 Å². The Kier molecular flexibility index (Phi) is 5.65. The standard InChI is InChI=1S/C18H20BrNO3/c19-16-6-4-13(5-7-16)17-14-10-15(18(21)20-17)12-23-9-3-1-2-8-22-11-14/h4-7,10H,1-3,8-9,11-12H2,(H,20,21). The van der Waals surface area contributed by atoms with Crippen LogP contribution in [-0.4, -0.2) is 18.2 Å². The van der Waals surface area contributed by atoms with Crippen LogP contribution in [0.5, 0.6) is 0 Å². The number of benzene rings is 1. The Morgan fingerprint density at radius 1 is 0.913 bits per heavy atom. The Hall–Kier alpha value is -1.43. The van der Waals surface area contributed by atoms with Crippen molar-refractivity contribution in [3.63, 3.8) is 0 Å². The van der Waals surface area contributed by atoms with Gasteiger partial charge in [-0.25, -0.2) is 0 Å². The summed E-state index contributed by atoms with van der Waals surface area (Å²) >= 11 is 3.44. The first-order valence-electron chi connectivity index (χ1n) is 7.90. The SMILES string of the molecule is O=c1[nH]c(-c2ccc(Br)cc2)c2cc1COCCCCCOC2. The van der Waals surface area contributed by atoms with E-state index >= 15 is 0 Å². The molecule has 1 aromatic carbocycles. The van der Waals surface area contributed by atoms with Gasteiger partial charge >= 0.3 is 0 Å². The number of hydrogen-bond acceptors (Lipinski definition) is 3. The Bertz CT molecular complexity index is 709. The molecule has 3 rings (SSSR count). The van der Waals surface area contributed by atoms with Crippen molar-refractivity contribution in [3.8, 4) is 11.3 Å². The molecule has 1 N–H and O–H groups in total. The third kappa shape index (κ3) is 4.31. The molecule has 2 aromatic rings. The van der Waals surface area contributed by atoms with Crippen molar-refractivity contribution in [1.82, 2.24) is 4.98 Å². The highest BCUT2D eigenvalue weighted by molar-refractivity contribution is 9.10. The summed E-state index contributed by atoms with van der Waals surface area (Å²) in [7, 11) is 0. The number of H-pyrrole nitrogens is 1. The Labute approximate surface area is 144 Å². The fraction of sp³-hybridized carbons (Fsp3) is 0.389. The average molecular weight is 378 g/mol. The van der Waals surface area contributed by atoms with E-state index in [0.29, 0.717) is 25.4 Å². The van der Waals surface area contributed by atoms with Gasteiger partial charge in [0, 0.05) is 28.8 Å². The fourth-order valence-electron chi connectivity index (χ4n) is 2.67. The minimum Gasteiger partial charge on any atom is -0.377 e. The predicted molar refractivity (Wildman–Crippen MR) is 93.4 cm³/mol. The molecule has 0 unspecified atom stereocenters. The van der Waals surface area contributed by atoms with E-state index in [2.05, 4.69) is 20.9 Å². The Balaban J connectivity index is 1.98. The first-order valence-corrected chi connectivity index (χ1v) is 8.70. The van der Waals surface area contributed by atoms with Crippen LogP contribution in [0, 0.1) is 0 Å². The second-order valence-electron chi connectivity index (χ2n) is 5.70. The molecule has 0 aliphatic carbocycles. The molecule has 0 fully saturated rings. The molecule has 0 saturated carbocycles. The van der Waals surface area contributed by atoms with Crippen molar-refractivity contribution in [2.75, 3.05) is 13.2 Å². The first-order chi connectivity index (χ1) is 11.2. The monoisotopic (exact) mass is 377 g/mol. The maximum atomic E-state index is 12.3. The van der Waals surface area contributed by atoms with E-state index in [-0.39, 0.29) is 5.56 Å². The van der Waals surface area contributed by atoms with Gasteiger partial charge in [-0.05, 0) is 43.0 Å². The van der Waals surface area contributed by atoms with Crippen LogP contribution in [0.2, 0.25) is 0 Å². The van der Waals surface area contributed by atoms with Gasteiger partial charge in [-0.2, -0.15) is 0 Å².